The average Bonchev–Trinajstić information content (AvgIpc) is 3.04. The van der Waals surface area contributed by atoms with Gasteiger partial charge in [-0.15, -0.1) is 0 Å². The summed E-state index contributed by atoms with van der Waals surface area (Å²) in [5.74, 6) is 0.272. The molecule has 158 valence electrons. The highest BCUT2D eigenvalue weighted by molar-refractivity contribution is 5.90. The van der Waals surface area contributed by atoms with Gasteiger partial charge in [0, 0.05) is 44.5 Å². The lowest BCUT2D eigenvalue weighted by Gasteiger charge is -2.48. The predicted molar refractivity (Wildman–Crippen MR) is 103 cm³/mol. The van der Waals surface area contributed by atoms with Gasteiger partial charge in [-0.1, -0.05) is 13.8 Å². The molecule has 0 atom stereocenters. The molecule has 0 spiro atoms. The van der Waals surface area contributed by atoms with Crippen molar-refractivity contribution in [2.45, 2.75) is 52.1 Å². The van der Waals surface area contributed by atoms with E-state index >= 15 is 0 Å². The Morgan fingerprint density at radius 2 is 1.89 bits per heavy atom. The van der Waals surface area contributed by atoms with Crippen LogP contribution in [0, 0.1) is 5.92 Å². The van der Waals surface area contributed by atoms with E-state index < -0.39 is 6.43 Å². The van der Waals surface area contributed by atoms with Crippen molar-refractivity contribution in [2.24, 2.45) is 5.92 Å². The van der Waals surface area contributed by atoms with Crippen molar-refractivity contribution in [3.05, 3.63) is 11.9 Å². The first-order valence-corrected chi connectivity index (χ1v) is 10.0. The minimum absolute atomic E-state index is 0.0524. The second-order valence-electron chi connectivity index (χ2n) is 8.36. The van der Waals surface area contributed by atoms with Crippen LogP contribution in [0.2, 0.25) is 0 Å². The summed E-state index contributed by atoms with van der Waals surface area (Å²) in [6.07, 6.45) is 0.486. The highest BCUT2D eigenvalue weighted by Crippen LogP contribution is 2.30. The van der Waals surface area contributed by atoms with Gasteiger partial charge in [0.05, 0.1) is 18.9 Å². The molecular formula is C19H31F2N5O2. The lowest BCUT2D eigenvalue weighted by Crippen LogP contribution is -2.57. The molecule has 2 aliphatic rings. The predicted octanol–water partition coefficient (Wildman–Crippen LogP) is 3.20. The normalized spacial score (nSPS) is 20.8. The van der Waals surface area contributed by atoms with E-state index in [1.54, 1.807) is 4.90 Å². The van der Waals surface area contributed by atoms with Gasteiger partial charge in [-0.05, 0) is 25.7 Å². The van der Waals surface area contributed by atoms with Gasteiger partial charge in [0.25, 0.3) is 6.43 Å². The molecule has 1 aromatic rings. The molecule has 0 saturated carbocycles. The first-order valence-electron chi connectivity index (χ1n) is 10.0. The zero-order valence-corrected chi connectivity index (χ0v) is 17.0. The molecule has 2 fully saturated rings. The van der Waals surface area contributed by atoms with E-state index in [0.717, 1.165) is 39.1 Å². The number of nitrogens with zero attached hydrogens (tertiary/aromatic N) is 4. The Morgan fingerprint density at radius 3 is 2.46 bits per heavy atom. The third-order valence-corrected chi connectivity index (χ3v) is 5.69. The molecule has 2 saturated heterocycles. The summed E-state index contributed by atoms with van der Waals surface area (Å²) in [4.78, 5) is 16.8. The van der Waals surface area contributed by atoms with E-state index in [2.05, 4.69) is 22.2 Å². The summed E-state index contributed by atoms with van der Waals surface area (Å²) < 4.78 is 33.6. The van der Waals surface area contributed by atoms with E-state index in [9.17, 15) is 13.6 Å². The van der Waals surface area contributed by atoms with Gasteiger partial charge in [-0.25, -0.2) is 13.6 Å². The summed E-state index contributed by atoms with van der Waals surface area (Å²) in [7, 11) is 0. The molecule has 2 amide bonds. The molecule has 3 heterocycles. The highest BCUT2D eigenvalue weighted by atomic mass is 19.3. The molecule has 1 N–H and O–H groups in total. The van der Waals surface area contributed by atoms with Crippen LogP contribution < -0.4 is 5.32 Å². The fourth-order valence-corrected chi connectivity index (χ4v) is 3.97. The number of halogens is 2. The molecule has 0 unspecified atom stereocenters. The number of carbonyl (C=O) groups is 1. The molecule has 1 aromatic heterocycles. The zero-order chi connectivity index (χ0) is 20.3. The number of likely N-dealkylation sites (tertiary alicyclic amines) is 1. The molecule has 28 heavy (non-hydrogen) atoms. The van der Waals surface area contributed by atoms with Crippen molar-refractivity contribution < 1.29 is 18.3 Å². The third-order valence-electron chi connectivity index (χ3n) is 5.69. The van der Waals surface area contributed by atoms with Gasteiger partial charge in [0.1, 0.15) is 0 Å². The largest absolute Gasteiger partial charge is 0.379 e. The lowest BCUT2D eigenvalue weighted by atomic mass is 9.87. The fourth-order valence-electron chi connectivity index (χ4n) is 3.97. The number of nitrogens with one attached hydrogen (secondary N) is 1. The number of urea groups is 1. The molecule has 3 rings (SSSR count). The Hall–Kier alpha value is -1.74. The van der Waals surface area contributed by atoms with Crippen molar-refractivity contribution in [1.29, 1.82) is 0 Å². The number of piperidine rings is 1. The minimum Gasteiger partial charge on any atom is -0.379 e. The van der Waals surface area contributed by atoms with Crippen molar-refractivity contribution in [1.82, 2.24) is 19.6 Å². The van der Waals surface area contributed by atoms with E-state index in [4.69, 9.17) is 4.74 Å². The van der Waals surface area contributed by atoms with Crippen molar-refractivity contribution in [3.8, 4) is 0 Å². The summed E-state index contributed by atoms with van der Waals surface area (Å²) >= 11 is 0. The third kappa shape index (κ3) is 4.81. The van der Waals surface area contributed by atoms with E-state index in [1.807, 2.05) is 13.8 Å². The molecule has 0 aliphatic carbocycles. The highest BCUT2D eigenvalue weighted by Gasteiger charge is 2.37. The van der Waals surface area contributed by atoms with Gasteiger partial charge in [-0.3, -0.25) is 9.58 Å². The maximum absolute atomic E-state index is 13.3. The quantitative estimate of drug-likeness (QED) is 0.826. The Labute approximate surface area is 165 Å². The molecule has 0 radical (unpaired) electrons. The van der Waals surface area contributed by atoms with E-state index in [0.29, 0.717) is 19.6 Å². The number of alkyl halides is 2. The van der Waals surface area contributed by atoms with Gasteiger partial charge < -0.3 is 15.0 Å². The number of morpholine rings is 1. The average molecular weight is 399 g/mol. The van der Waals surface area contributed by atoms with Crippen molar-refractivity contribution in [3.63, 3.8) is 0 Å². The van der Waals surface area contributed by atoms with Crippen molar-refractivity contribution >= 4 is 11.7 Å². The molecular weight excluding hydrogens is 368 g/mol. The Bertz CT molecular complexity index is 665. The van der Waals surface area contributed by atoms with Crippen LogP contribution in [0.1, 0.15) is 45.7 Å². The van der Waals surface area contributed by atoms with Gasteiger partial charge in [0.15, 0.2) is 5.69 Å². The Balaban J connectivity index is 1.60. The molecule has 7 nitrogen and oxygen atoms in total. The van der Waals surface area contributed by atoms with Crippen LogP contribution in [0.25, 0.3) is 0 Å². The molecule has 9 heteroatoms. The number of ether oxygens (including phenoxy) is 1. The van der Waals surface area contributed by atoms with Gasteiger partial charge >= 0.3 is 6.03 Å². The van der Waals surface area contributed by atoms with Crippen LogP contribution in [0.15, 0.2) is 6.20 Å². The number of rotatable bonds is 5. The number of hydrogen-bond donors (Lipinski definition) is 1. The number of carbonyl (C=O) groups excluding carboxylic acids is 1. The smallest absolute Gasteiger partial charge is 0.321 e. The SMILES string of the molecule is CC(C)Cn1cc(NC(=O)N2CCC(C)(N3CCOCC3)CC2)c(C(F)F)n1. The molecule has 0 bridgehead atoms. The second kappa shape index (κ2) is 8.73. The number of hydrogen-bond acceptors (Lipinski definition) is 4. The van der Waals surface area contributed by atoms with E-state index in [-0.39, 0.29) is 28.9 Å². The Morgan fingerprint density at radius 1 is 1.25 bits per heavy atom. The summed E-state index contributed by atoms with van der Waals surface area (Å²) in [6, 6.07) is -0.338. The maximum Gasteiger partial charge on any atom is 0.321 e. The van der Waals surface area contributed by atoms with Crippen LogP contribution >= 0.6 is 0 Å². The second-order valence-corrected chi connectivity index (χ2v) is 8.36. The van der Waals surface area contributed by atoms with Crippen LogP contribution in [-0.4, -0.2) is 70.5 Å². The minimum atomic E-state index is -2.73. The van der Waals surface area contributed by atoms with E-state index in [1.165, 1.54) is 10.9 Å². The summed E-state index contributed by atoms with van der Waals surface area (Å²) in [6.45, 7) is 11.3. The summed E-state index contributed by atoms with van der Waals surface area (Å²) in [5, 5.41) is 6.60. The van der Waals surface area contributed by atoms with Crippen molar-refractivity contribution in [2.75, 3.05) is 44.7 Å². The molecule has 2 aliphatic heterocycles. The Kier molecular flexibility index (Phi) is 6.54. The molecule has 0 aromatic carbocycles. The standard InChI is InChI=1S/C19H31F2N5O2/c1-14(2)12-26-13-15(16(23-26)17(20)21)22-18(27)24-6-4-19(3,5-7-24)25-8-10-28-11-9-25/h13-14,17H,4-12H2,1-3H3,(H,22,27). The maximum atomic E-state index is 13.3. The van der Waals surface area contributed by atoms with Crippen LogP contribution in [0.3, 0.4) is 0 Å². The van der Waals surface area contributed by atoms with Crippen LogP contribution in [0.5, 0.6) is 0 Å². The number of aromatic nitrogens is 2. The zero-order valence-electron chi connectivity index (χ0n) is 17.0. The van der Waals surface area contributed by atoms with Crippen LogP contribution in [0.4, 0.5) is 19.3 Å². The lowest BCUT2D eigenvalue weighted by molar-refractivity contribution is -0.0352. The number of anilines is 1. The van der Waals surface area contributed by atoms with Gasteiger partial charge in [-0.2, -0.15) is 5.10 Å². The topological polar surface area (TPSA) is 62.6 Å². The monoisotopic (exact) mass is 399 g/mol. The van der Waals surface area contributed by atoms with Gasteiger partial charge in [0.2, 0.25) is 0 Å². The van der Waals surface area contributed by atoms with Crippen LogP contribution in [-0.2, 0) is 11.3 Å². The first kappa shape index (κ1) is 21.0. The first-order chi connectivity index (χ1) is 13.3. The summed E-state index contributed by atoms with van der Waals surface area (Å²) in [5.41, 5.74) is -0.219. The fraction of sp³-hybridized carbons (Fsp3) is 0.789. The number of amides is 2.